The summed E-state index contributed by atoms with van der Waals surface area (Å²) in [5.41, 5.74) is 2.60. The Balaban J connectivity index is 1.62. The molecule has 0 spiro atoms. The molecule has 0 atom stereocenters. The largest absolute Gasteiger partial charge is 0.461 e. The molecule has 0 aliphatic carbocycles. The van der Waals surface area contributed by atoms with E-state index >= 15 is 0 Å². The van der Waals surface area contributed by atoms with E-state index < -0.39 is 11.8 Å². The maximum absolute atomic E-state index is 13.4. The Morgan fingerprint density at radius 2 is 1.85 bits per heavy atom. The number of aryl methyl sites for hydroxylation is 2. The molecule has 1 amide bonds. The highest BCUT2D eigenvalue weighted by Gasteiger charge is 2.03. The summed E-state index contributed by atoms with van der Waals surface area (Å²) in [6, 6.07) is 14.2. The second-order valence-electron chi connectivity index (χ2n) is 5.86. The third-order valence-corrected chi connectivity index (χ3v) is 3.73. The van der Waals surface area contributed by atoms with Crippen LogP contribution in [-0.4, -0.2) is 25.0 Å². The molecule has 0 unspecified atom stereocenters. The predicted molar refractivity (Wildman–Crippen MR) is 98.9 cm³/mol. The first-order chi connectivity index (χ1) is 12.5. The maximum Gasteiger partial charge on any atom is 0.330 e. The molecular formula is C21H22FNO3. The van der Waals surface area contributed by atoms with E-state index in [1.165, 1.54) is 17.7 Å². The molecule has 2 aromatic rings. The van der Waals surface area contributed by atoms with Crippen molar-refractivity contribution >= 4 is 18.0 Å². The highest BCUT2D eigenvalue weighted by atomic mass is 19.1. The Morgan fingerprint density at radius 1 is 1.12 bits per heavy atom. The predicted octanol–water partition coefficient (Wildman–Crippen LogP) is 3.44. The van der Waals surface area contributed by atoms with Crippen LogP contribution in [0.1, 0.15) is 23.1 Å². The standard InChI is InChI=1S/C21H22FNO3/c1-16-6-8-17(9-7-16)10-12-20(24)23-14-15-26-21(25)13-11-18-4-2-3-5-19(18)22/h2-9,11,13H,10,12,14-15H2,1H3,(H,23,24)/b13-11+. The molecule has 0 radical (unpaired) electrons. The first-order valence-corrected chi connectivity index (χ1v) is 8.46. The van der Waals surface area contributed by atoms with Crippen LogP contribution in [0.15, 0.2) is 54.6 Å². The number of hydrogen-bond acceptors (Lipinski definition) is 3. The summed E-state index contributed by atoms with van der Waals surface area (Å²) in [4.78, 5) is 23.3. The van der Waals surface area contributed by atoms with Crippen LogP contribution < -0.4 is 5.32 Å². The van der Waals surface area contributed by atoms with Gasteiger partial charge in [0.1, 0.15) is 12.4 Å². The second-order valence-corrected chi connectivity index (χ2v) is 5.86. The van der Waals surface area contributed by atoms with Gasteiger partial charge in [-0.2, -0.15) is 0 Å². The summed E-state index contributed by atoms with van der Waals surface area (Å²) in [6.07, 6.45) is 3.57. The third kappa shape index (κ3) is 6.89. The number of halogens is 1. The van der Waals surface area contributed by atoms with Gasteiger partial charge in [0.2, 0.25) is 5.91 Å². The van der Waals surface area contributed by atoms with Gasteiger partial charge >= 0.3 is 5.97 Å². The van der Waals surface area contributed by atoms with Crippen LogP contribution in [-0.2, 0) is 20.7 Å². The first-order valence-electron chi connectivity index (χ1n) is 8.46. The van der Waals surface area contributed by atoms with Crippen molar-refractivity contribution in [3.8, 4) is 0 Å². The van der Waals surface area contributed by atoms with Crippen molar-refractivity contribution in [2.24, 2.45) is 0 Å². The average molecular weight is 355 g/mol. The number of carbonyl (C=O) groups excluding carboxylic acids is 2. The zero-order valence-electron chi connectivity index (χ0n) is 14.7. The Kier molecular flexibility index (Phi) is 7.55. The van der Waals surface area contributed by atoms with Crippen molar-refractivity contribution in [1.82, 2.24) is 5.32 Å². The number of nitrogens with one attached hydrogen (secondary N) is 1. The molecule has 1 N–H and O–H groups in total. The fourth-order valence-electron chi connectivity index (χ4n) is 2.26. The van der Waals surface area contributed by atoms with Gasteiger partial charge in [-0.3, -0.25) is 4.79 Å². The minimum absolute atomic E-state index is 0.0662. The van der Waals surface area contributed by atoms with Crippen molar-refractivity contribution in [2.45, 2.75) is 19.8 Å². The van der Waals surface area contributed by atoms with Crippen molar-refractivity contribution in [2.75, 3.05) is 13.2 Å². The number of hydrogen-bond donors (Lipinski definition) is 1. The van der Waals surface area contributed by atoms with Crippen molar-refractivity contribution in [3.63, 3.8) is 0 Å². The SMILES string of the molecule is Cc1ccc(CCC(=O)NCCOC(=O)/C=C/c2ccccc2F)cc1. The van der Waals surface area contributed by atoms with Crippen LogP contribution in [0.4, 0.5) is 4.39 Å². The smallest absolute Gasteiger partial charge is 0.330 e. The van der Waals surface area contributed by atoms with Gasteiger partial charge in [0, 0.05) is 18.1 Å². The normalized spacial score (nSPS) is 10.7. The molecule has 0 saturated heterocycles. The quantitative estimate of drug-likeness (QED) is 0.448. The number of benzene rings is 2. The van der Waals surface area contributed by atoms with Crippen LogP contribution in [0.3, 0.4) is 0 Å². The lowest BCUT2D eigenvalue weighted by Gasteiger charge is -2.06. The molecule has 0 aliphatic rings. The lowest BCUT2D eigenvalue weighted by molar-refractivity contribution is -0.138. The Hall–Kier alpha value is -2.95. The van der Waals surface area contributed by atoms with E-state index in [9.17, 15) is 14.0 Å². The fraction of sp³-hybridized carbons (Fsp3) is 0.238. The molecule has 0 heterocycles. The Labute approximate surface area is 152 Å². The van der Waals surface area contributed by atoms with Crippen molar-refractivity contribution in [3.05, 3.63) is 77.1 Å². The topological polar surface area (TPSA) is 55.4 Å². The third-order valence-electron chi connectivity index (χ3n) is 3.73. The lowest BCUT2D eigenvalue weighted by Crippen LogP contribution is -2.28. The van der Waals surface area contributed by atoms with Gasteiger partial charge in [-0.1, -0.05) is 48.0 Å². The first kappa shape index (κ1) is 19.4. The monoisotopic (exact) mass is 355 g/mol. The number of esters is 1. The van der Waals surface area contributed by atoms with E-state index in [4.69, 9.17) is 4.74 Å². The van der Waals surface area contributed by atoms with E-state index in [0.29, 0.717) is 18.4 Å². The van der Waals surface area contributed by atoms with Gasteiger partial charge < -0.3 is 10.1 Å². The number of ether oxygens (including phenoxy) is 1. The number of amides is 1. The van der Waals surface area contributed by atoms with Crippen LogP contribution in [0.5, 0.6) is 0 Å². The molecule has 2 aromatic carbocycles. The minimum Gasteiger partial charge on any atom is -0.461 e. The van der Waals surface area contributed by atoms with Gasteiger partial charge in [-0.25, -0.2) is 9.18 Å². The molecule has 0 saturated carbocycles. The van der Waals surface area contributed by atoms with Crippen LogP contribution >= 0.6 is 0 Å². The molecule has 5 heteroatoms. The molecule has 0 aromatic heterocycles. The van der Waals surface area contributed by atoms with Crippen molar-refractivity contribution in [1.29, 1.82) is 0 Å². The number of rotatable bonds is 8. The van der Waals surface area contributed by atoms with E-state index in [-0.39, 0.29) is 19.1 Å². The molecule has 0 bridgehead atoms. The van der Waals surface area contributed by atoms with Crippen molar-refractivity contribution < 1.29 is 18.7 Å². The minimum atomic E-state index is -0.581. The Bertz CT molecular complexity index is 769. The van der Waals surface area contributed by atoms with Gasteiger partial charge in [-0.15, -0.1) is 0 Å². The highest BCUT2D eigenvalue weighted by Crippen LogP contribution is 2.08. The molecule has 136 valence electrons. The van der Waals surface area contributed by atoms with Crippen LogP contribution in [0, 0.1) is 12.7 Å². The summed E-state index contributed by atoms with van der Waals surface area (Å²) in [5, 5.41) is 2.70. The van der Waals surface area contributed by atoms with Crippen LogP contribution in [0.2, 0.25) is 0 Å². The zero-order valence-corrected chi connectivity index (χ0v) is 14.7. The van der Waals surface area contributed by atoms with Gasteiger partial charge in [0.05, 0.1) is 6.54 Å². The van der Waals surface area contributed by atoms with Gasteiger partial charge in [0.15, 0.2) is 0 Å². The fourth-order valence-corrected chi connectivity index (χ4v) is 2.26. The van der Waals surface area contributed by atoms with Gasteiger partial charge in [0.25, 0.3) is 0 Å². The molecular weight excluding hydrogens is 333 g/mol. The summed E-state index contributed by atoms with van der Waals surface area (Å²) < 4.78 is 18.4. The second kappa shape index (κ2) is 10.1. The molecule has 2 rings (SSSR count). The maximum atomic E-state index is 13.4. The van der Waals surface area contributed by atoms with E-state index in [1.54, 1.807) is 18.2 Å². The zero-order chi connectivity index (χ0) is 18.8. The molecule has 0 aliphatic heterocycles. The van der Waals surface area contributed by atoms with Gasteiger partial charge in [-0.05, 0) is 31.1 Å². The van der Waals surface area contributed by atoms with Crippen LogP contribution in [0.25, 0.3) is 6.08 Å². The molecule has 0 fully saturated rings. The Morgan fingerprint density at radius 3 is 2.58 bits per heavy atom. The summed E-state index contributed by atoms with van der Waals surface area (Å²) in [6.45, 7) is 2.33. The van der Waals surface area contributed by atoms with E-state index in [1.807, 2.05) is 31.2 Å². The molecule has 26 heavy (non-hydrogen) atoms. The summed E-state index contributed by atoms with van der Waals surface area (Å²) in [7, 11) is 0. The summed E-state index contributed by atoms with van der Waals surface area (Å²) >= 11 is 0. The average Bonchev–Trinajstić information content (AvgIpc) is 2.64. The lowest BCUT2D eigenvalue weighted by atomic mass is 10.1. The highest BCUT2D eigenvalue weighted by molar-refractivity contribution is 5.87. The number of carbonyl (C=O) groups is 2. The summed E-state index contributed by atoms with van der Waals surface area (Å²) in [5.74, 6) is -1.08. The van der Waals surface area contributed by atoms with E-state index in [2.05, 4.69) is 5.32 Å². The molecule has 4 nitrogen and oxygen atoms in total. The van der Waals surface area contributed by atoms with E-state index in [0.717, 1.165) is 11.6 Å².